The lowest BCUT2D eigenvalue weighted by atomic mass is 9.89. The van der Waals surface area contributed by atoms with Gasteiger partial charge in [0.15, 0.2) is 0 Å². The maximum Gasteiger partial charge on any atom is 0.228 e. The van der Waals surface area contributed by atoms with Gasteiger partial charge in [0.2, 0.25) is 5.79 Å². The van der Waals surface area contributed by atoms with Crippen molar-refractivity contribution in [2.24, 2.45) is 0 Å². The largest absolute Gasteiger partial charge is 0.384 e. The van der Waals surface area contributed by atoms with Gasteiger partial charge in [-0.2, -0.15) is 0 Å². The lowest BCUT2D eigenvalue weighted by Crippen LogP contribution is -2.36. The molecule has 0 radical (unpaired) electrons. The fraction of sp³-hybridized carbons (Fsp3) is 0.385. The molecule has 3 nitrogen and oxygen atoms in total. The Kier molecular flexibility index (Phi) is 3.58. The number of aliphatic hydroxyl groups excluding tert-OH is 1. The molecule has 0 spiro atoms. The van der Waals surface area contributed by atoms with Crippen LogP contribution in [0.15, 0.2) is 35.2 Å². The Labute approximate surface area is 105 Å². The topological polar surface area (TPSA) is 38.7 Å². The maximum atomic E-state index is 10.1. The van der Waals surface area contributed by atoms with Crippen LogP contribution in [0.2, 0.25) is 0 Å². The first-order chi connectivity index (χ1) is 8.19. The first-order valence-electron chi connectivity index (χ1n) is 5.33. The first-order valence-corrected chi connectivity index (χ1v) is 6.56. The van der Waals surface area contributed by atoms with Crippen LogP contribution in [0.4, 0.5) is 0 Å². The van der Waals surface area contributed by atoms with E-state index in [0.717, 1.165) is 16.0 Å². The maximum absolute atomic E-state index is 10.1. The summed E-state index contributed by atoms with van der Waals surface area (Å²) >= 11 is 1.52. The Morgan fingerprint density at radius 1 is 1.24 bits per heavy atom. The molecule has 1 aromatic rings. The third-order valence-corrected chi connectivity index (χ3v) is 3.91. The van der Waals surface area contributed by atoms with Gasteiger partial charge in [-0.25, -0.2) is 0 Å². The van der Waals surface area contributed by atoms with E-state index < -0.39 is 11.9 Å². The van der Waals surface area contributed by atoms with E-state index in [9.17, 15) is 5.11 Å². The van der Waals surface area contributed by atoms with Crippen molar-refractivity contribution < 1.29 is 14.6 Å². The molecule has 0 saturated heterocycles. The fourth-order valence-corrected chi connectivity index (χ4v) is 3.05. The SMILES string of the molecule is COC1(OC)C(SC)=CC(O)c2ccccc21. The highest BCUT2D eigenvalue weighted by Gasteiger charge is 2.42. The highest BCUT2D eigenvalue weighted by atomic mass is 32.2. The summed E-state index contributed by atoms with van der Waals surface area (Å²) in [6.07, 6.45) is 3.12. The zero-order valence-electron chi connectivity index (χ0n) is 10.1. The van der Waals surface area contributed by atoms with Gasteiger partial charge < -0.3 is 14.6 Å². The number of hydrogen-bond acceptors (Lipinski definition) is 4. The van der Waals surface area contributed by atoms with Gasteiger partial charge in [0.25, 0.3) is 0 Å². The second-order valence-electron chi connectivity index (χ2n) is 3.79. The van der Waals surface area contributed by atoms with Gasteiger partial charge in [0.05, 0.1) is 6.10 Å². The summed E-state index contributed by atoms with van der Waals surface area (Å²) in [6, 6.07) is 7.63. The van der Waals surface area contributed by atoms with Gasteiger partial charge in [-0.15, -0.1) is 11.8 Å². The van der Waals surface area contributed by atoms with Crippen molar-refractivity contribution in [3.63, 3.8) is 0 Å². The van der Waals surface area contributed by atoms with E-state index in [2.05, 4.69) is 0 Å². The minimum atomic E-state index is -0.894. The van der Waals surface area contributed by atoms with E-state index in [1.54, 1.807) is 20.3 Å². The van der Waals surface area contributed by atoms with Crippen LogP contribution < -0.4 is 0 Å². The molecule has 1 aliphatic carbocycles. The molecule has 0 amide bonds. The molecule has 2 rings (SSSR count). The second-order valence-corrected chi connectivity index (χ2v) is 4.64. The lowest BCUT2D eigenvalue weighted by Gasteiger charge is -2.38. The summed E-state index contributed by atoms with van der Waals surface area (Å²) in [6.45, 7) is 0. The molecule has 0 bridgehead atoms. The number of benzene rings is 1. The van der Waals surface area contributed by atoms with Gasteiger partial charge in [-0.1, -0.05) is 24.3 Å². The summed E-state index contributed by atoms with van der Waals surface area (Å²) in [5, 5.41) is 10.1. The van der Waals surface area contributed by atoms with E-state index in [-0.39, 0.29) is 0 Å². The number of hydrogen-bond donors (Lipinski definition) is 1. The predicted octanol–water partition coefficient (Wildman–Crippen LogP) is 2.43. The average Bonchev–Trinajstić information content (AvgIpc) is 2.39. The fourth-order valence-electron chi connectivity index (χ4n) is 2.24. The number of ether oxygens (including phenoxy) is 2. The number of aliphatic hydroxyl groups is 1. The van der Waals surface area contributed by atoms with Gasteiger partial charge in [-0.3, -0.25) is 0 Å². The molecular weight excluding hydrogens is 236 g/mol. The van der Waals surface area contributed by atoms with E-state index in [1.165, 1.54) is 11.8 Å². The zero-order chi connectivity index (χ0) is 12.5. The third-order valence-electron chi connectivity index (χ3n) is 3.06. The van der Waals surface area contributed by atoms with Crippen LogP contribution in [-0.4, -0.2) is 25.6 Å². The average molecular weight is 252 g/mol. The molecule has 0 heterocycles. The zero-order valence-corrected chi connectivity index (χ0v) is 11.0. The van der Waals surface area contributed by atoms with E-state index in [1.807, 2.05) is 30.5 Å². The second kappa shape index (κ2) is 4.82. The van der Waals surface area contributed by atoms with Crippen molar-refractivity contribution in [3.8, 4) is 0 Å². The Balaban J connectivity index is 2.65. The van der Waals surface area contributed by atoms with Crippen LogP contribution in [0.5, 0.6) is 0 Å². The molecule has 0 aromatic heterocycles. The Bertz CT molecular complexity index is 438. The summed E-state index contributed by atoms with van der Waals surface area (Å²) in [4.78, 5) is 0.869. The van der Waals surface area contributed by atoms with Crippen molar-refractivity contribution >= 4 is 11.8 Å². The number of thioether (sulfide) groups is 1. The molecule has 0 fully saturated rings. The highest BCUT2D eigenvalue weighted by Crippen LogP contribution is 2.46. The summed E-state index contributed by atoms with van der Waals surface area (Å²) in [5.74, 6) is -0.894. The summed E-state index contributed by atoms with van der Waals surface area (Å²) in [7, 11) is 3.23. The van der Waals surface area contributed by atoms with Crippen molar-refractivity contribution in [2.45, 2.75) is 11.9 Å². The predicted molar refractivity (Wildman–Crippen MR) is 68.7 cm³/mol. The van der Waals surface area contributed by atoms with Crippen LogP contribution in [0.25, 0.3) is 0 Å². The molecule has 4 heteroatoms. The molecule has 0 aliphatic heterocycles. The molecule has 0 saturated carbocycles. The van der Waals surface area contributed by atoms with E-state index in [4.69, 9.17) is 9.47 Å². The normalized spacial score (nSPS) is 21.9. The van der Waals surface area contributed by atoms with E-state index in [0.29, 0.717) is 0 Å². The van der Waals surface area contributed by atoms with Crippen LogP contribution in [0.1, 0.15) is 17.2 Å². The number of rotatable bonds is 3. The van der Waals surface area contributed by atoms with Crippen LogP contribution in [0.3, 0.4) is 0 Å². The standard InChI is InChI=1S/C13H16O3S/c1-15-13(16-2)10-7-5-4-6-9(10)11(14)8-12(13)17-3/h4-8,11,14H,1-3H3. The van der Waals surface area contributed by atoms with Crippen molar-refractivity contribution in [2.75, 3.05) is 20.5 Å². The molecular formula is C13H16O3S. The summed E-state index contributed by atoms with van der Waals surface area (Å²) < 4.78 is 11.2. The van der Waals surface area contributed by atoms with Gasteiger partial charge in [0, 0.05) is 24.7 Å². The molecule has 92 valence electrons. The van der Waals surface area contributed by atoms with Gasteiger partial charge >= 0.3 is 0 Å². The van der Waals surface area contributed by atoms with E-state index >= 15 is 0 Å². The third kappa shape index (κ3) is 1.81. The molecule has 1 atom stereocenters. The van der Waals surface area contributed by atoms with Crippen LogP contribution in [-0.2, 0) is 15.3 Å². The van der Waals surface area contributed by atoms with Crippen LogP contribution in [0, 0.1) is 0 Å². The minimum absolute atomic E-state index is 0.605. The molecule has 1 N–H and O–H groups in total. The lowest BCUT2D eigenvalue weighted by molar-refractivity contribution is -0.184. The van der Waals surface area contributed by atoms with Crippen molar-refractivity contribution in [1.29, 1.82) is 0 Å². The van der Waals surface area contributed by atoms with Crippen molar-refractivity contribution in [3.05, 3.63) is 46.4 Å². The number of methoxy groups -OCH3 is 2. The minimum Gasteiger partial charge on any atom is -0.384 e. The highest BCUT2D eigenvalue weighted by molar-refractivity contribution is 8.02. The quantitative estimate of drug-likeness (QED) is 0.839. The Hall–Kier alpha value is -0.810. The Morgan fingerprint density at radius 2 is 1.88 bits per heavy atom. The Morgan fingerprint density at radius 3 is 2.47 bits per heavy atom. The molecule has 17 heavy (non-hydrogen) atoms. The van der Waals surface area contributed by atoms with Crippen molar-refractivity contribution in [1.82, 2.24) is 0 Å². The monoisotopic (exact) mass is 252 g/mol. The molecule has 1 aliphatic rings. The number of fused-ring (bicyclic) bond motifs is 1. The van der Waals surface area contributed by atoms with Gasteiger partial charge in [-0.05, 0) is 17.9 Å². The summed E-state index contributed by atoms with van der Waals surface area (Å²) in [5.41, 5.74) is 1.69. The molecule has 1 unspecified atom stereocenters. The first kappa shape index (κ1) is 12.6. The smallest absolute Gasteiger partial charge is 0.228 e. The molecule has 1 aromatic carbocycles. The van der Waals surface area contributed by atoms with Crippen LogP contribution >= 0.6 is 11.8 Å². The van der Waals surface area contributed by atoms with Gasteiger partial charge in [0.1, 0.15) is 0 Å².